The Hall–Kier alpha value is -5.58. The number of carbonyl (C=O) groups is 9. The number of nitrogens with two attached hydrogens (primary N) is 3. The smallest absolute Gasteiger partial charge is 0.243 e. The molecule has 7 amide bonds. The summed E-state index contributed by atoms with van der Waals surface area (Å²) in [6.07, 6.45) is -1.88. The van der Waals surface area contributed by atoms with Gasteiger partial charge in [0, 0.05) is 79.2 Å². The SMILES string of the molecule is CC(C)CNC(=O)[C@@H](CCCN=C(N)N)NC(=O)[C@@H]1C[C@@H](O)CN1C(=O)[C@@H]1CCSCCC(=O)C[C@@H](Cc2ccc(Cl)cc2)C(=O)N[C@@H](Cc2cccs2)C(=O)N[C@@H](C(C)C)C(=O)N[C@@H](CC(N)=O)C(=O)C1. The highest BCUT2D eigenvalue weighted by Gasteiger charge is 2.43. The molecule has 8 atom stereocenters. The lowest BCUT2D eigenvalue weighted by Gasteiger charge is -2.30. The van der Waals surface area contributed by atoms with Gasteiger partial charge in [0.15, 0.2) is 11.7 Å². The number of carbonyl (C=O) groups excluding carboxylic acids is 9. The normalized spacial score (nSPS) is 23.6. The summed E-state index contributed by atoms with van der Waals surface area (Å²) in [4.78, 5) is 131. The number of hydrogen-bond donors (Lipinski definition) is 9. The van der Waals surface area contributed by atoms with E-state index in [4.69, 9.17) is 28.8 Å². The number of thiophene rings is 1. The van der Waals surface area contributed by atoms with Crippen LogP contribution >= 0.6 is 34.7 Å². The average molecular weight is 1060 g/mol. The van der Waals surface area contributed by atoms with Gasteiger partial charge < -0.3 is 53.8 Å². The van der Waals surface area contributed by atoms with Crippen LogP contribution in [0.4, 0.5) is 0 Å². The van der Waals surface area contributed by atoms with Gasteiger partial charge >= 0.3 is 0 Å². The molecule has 396 valence electrons. The van der Waals surface area contributed by atoms with E-state index < -0.39 is 114 Å². The average Bonchev–Trinajstić information content (AvgIpc) is 3.98. The third kappa shape index (κ3) is 19.4. The maximum absolute atomic E-state index is 14.7. The number of nitrogens with one attached hydrogen (secondary N) is 5. The van der Waals surface area contributed by atoms with Crippen LogP contribution in [0.3, 0.4) is 0 Å². The van der Waals surface area contributed by atoms with Crippen molar-refractivity contribution in [3.05, 3.63) is 57.2 Å². The number of thioether (sulfide) groups is 1. The van der Waals surface area contributed by atoms with Crippen LogP contribution in [0.25, 0.3) is 0 Å². The second kappa shape index (κ2) is 29.2. The van der Waals surface area contributed by atoms with Crippen LogP contribution < -0.4 is 43.8 Å². The van der Waals surface area contributed by atoms with Gasteiger partial charge in [-0.1, -0.05) is 57.5 Å². The standard InChI is InChI=1S/C49H71ClN10O10S2/c1-27(2)25-55-44(66)36(8-5-15-54-49(52)53)56-46(68)39-22-34(62)26-60(39)48(70)30-13-17-71-18-14-33(61)20-31(19-29-9-11-32(50)12-10-29)43(65)58-38(23-35-7-6-16-72-35)45(67)59-42(28(3)4)47(69)57-37(24-41(51)64)40(63)21-30/h6-7,9-12,16,27-28,30-31,34,36-39,42,62H,5,8,13-15,17-26H2,1-4H3,(H2,51,64)(H,55,66)(H,56,68)(H,57,69)(H,58,65)(H,59,67)(H4,52,53,54)/t30-,31-,34-,36-,37+,38+,39+,42+/m1/s1. The van der Waals surface area contributed by atoms with Crippen molar-refractivity contribution in [3.8, 4) is 0 Å². The van der Waals surface area contributed by atoms with E-state index in [0.29, 0.717) is 18.0 Å². The zero-order valence-electron chi connectivity index (χ0n) is 41.4. The predicted molar refractivity (Wildman–Crippen MR) is 276 cm³/mol. The highest BCUT2D eigenvalue weighted by Crippen LogP contribution is 2.27. The number of hydrogen-bond acceptors (Lipinski definition) is 13. The fraction of sp³-hybridized carbons (Fsp3) is 0.592. The number of halogens is 1. The summed E-state index contributed by atoms with van der Waals surface area (Å²) in [5.74, 6) is -7.98. The van der Waals surface area contributed by atoms with E-state index >= 15 is 0 Å². The van der Waals surface area contributed by atoms with Gasteiger partial charge in [-0.3, -0.25) is 48.1 Å². The number of ketones is 2. The first-order valence-electron chi connectivity index (χ1n) is 24.3. The van der Waals surface area contributed by atoms with Gasteiger partial charge in [0.05, 0.1) is 18.6 Å². The van der Waals surface area contributed by atoms with Crippen LogP contribution in [0.5, 0.6) is 0 Å². The maximum Gasteiger partial charge on any atom is 0.243 e. The third-order valence-electron chi connectivity index (χ3n) is 12.3. The number of amides is 7. The molecule has 2 aliphatic rings. The molecule has 72 heavy (non-hydrogen) atoms. The van der Waals surface area contributed by atoms with Gasteiger partial charge in [-0.05, 0) is 72.4 Å². The first-order chi connectivity index (χ1) is 34.1. The van der Waals surface area contributed by atoms with E-state index in [9.17, 15) is 48.3 Å². The Bertz CT molecular complexity index is 2230. The van der Waals surface area contributed by atoms with E-state index in [1.54, 1.807) is 50.2 Å². The number of primary amides is 1. The fourth-order valence-electron chi connectivity index (χ4n) is 8.39. The number of aliphatic hydroxyl groups excluding tert-OH is 1. The Labute approximate surface area is 433 Å². The summed E-state index contributed by atoms with van der Waals surface area (Å²) in [5, 5.41) is 27.0. The number of guanidine groups is 1. The molecular weight excluding hydrogens is 988 g/mol. The van der Waals surface area contributed by atoms with Crippen molar-refractivity contribution in [1.29, 1.82) is 0 Å². The molecule has 1 aromatic carbocycles. The zero-order valence-corrected chi connectivity index (χ0v) is 43.8. The van der Waals surface area contributed by atoms with Crippen molar-refractivity contribution in [2.45, 2.75) is 128 Å². The summed E-state index contributed by atoms with van der Waals surface area (Å²) in [7, 11) is 0. The number of aliphatic imine (C=N–C) groups is 1. The number of β-amino-alcohol motifs (C(OH)–C–C–N with tert-alkyl or cyclic N) is 1. The number of Topliss-reactive ketones (excluding diaryl/α,β-unsaturated/α-hetero) is 2. The van der Waals surface area contributed by atoms with E-state index in [2.05, 4.69) is 31.6 Å². The molecule has 2 saturated heterocycles. The van der Waals surface area contributed by atoms with Gasteiger partial charge in [0.1, 0.15) is 30.0 Å². The van der Waals surface area contributed by atoms with Crippen molar-refractivity contribution in [2.24, 2.45) is 45.9 Å². The highest BCUT2D eigenvalue weighted by molar-refractivity contribution is 7.99. The van der Waals surface area contributed by atoms with Crippen molar-refractivity contribution >= 4 is 93.6 Å². The second-order valence-electron chi connectivity index (χ2n) is 19.1. The molecule has 23 heteroatoms. The molecule has 20 nitrogen and oxygen atoms in total. The largest absolute Gasteiger partial charge is 0.391 e. The van der Waals surface area contributed by atoms with Crippen LogP contribution in [0.15, 0.2) is 46.8 Å². The Kier molecular flexibility index (Phi) is 23.9. The molecule has 0 aliphatic carbocycles. The molecule has 12 N–H and O–H groups in total. The van der Waals surface area contributed by atoms with Crippen LogP contribution in [0, 0.1) is 23.7 Å². The fourth-order valence-corrected chi connectivity index (χ4v) is 10.3. The van der Waals surface area contributed by atoms with Gasteiger partial charge in [0.25, 0.3) is 0 Å². The number of rotatable bonds is 17. The minimum atomic E-state index is -1.54. The Balaban J connectivity index is 1.67. The molecule has 2 fully saturated rings. The van der Waals surface area contributed by atoms with E-state index in [1.807, 2.05) is 19.2 Å². The van der Waals surface area contributed by atoms with Crippen LogP contribution in [-0.4, -0.2) is 136 Å². The maximum atomic E-state index is 14.7. The Morgan fingerprint density at radius 3 is 2.25 bits per heavy atom. The van der Waals surface area contributed by atoms with E-state index in [1.165, 1.54) is 28.0 Å². The third-order valence-corrected chi connectivity index (χ3v) is 14.4. The first-order valence-corrected chi connectivity index (χ1v) is 26.7. The minimum absolute atomic E-state index is 0.0323. The van der Waals surface area contributed by atoms with Gasteiger partial charge in [-0.2, -0.15) is 11.8 Å². The predicted octanol–water partition coefficient (Wildman–Crippen LogP) is 1.12. The Morgan fingerprint density at radius 2 is 1.61 bits per heavy atom. The number of benzene rings is 1. The molecule has 1 aromatic heterocycles. The van der Waals surface area contributed by atoms with Crippen LogP contribution in [0.1, 0.15) is 89.5 Å². The lowest BCUT2D eigenvalue weighted by atomic mass is 9.92. The molecule has 0 radical (unpaired) electrons. The molecule has 0 saturated carbocycles. The zero-order chi connectivity index (χ0) is 53.1. The monoisotopic (exact) mass is 1060 g/mol. The Morgan fingerprint density at radius 1 is 0.903 bits per heavy atom. The topological polar surface area (TPSA) is 328 Å². The summed E-state index contributed by atoms with van der Waals surface area (Å²) in [6.45, 7) is 7.38. The van der Waals surface area contributed by atoms with E-state index in [0.717, 1.165) is 10.4 Å². The van der Waals surface area contributed by atoms with Crippen molar-refractivity contribution in [3.63, 3.8) is 0 Å². The summed E-state index contributed by atoms with van der Waals surface area (Å²) in [5.41, 5.74) is 17.3. The molecule has 3 heterocycles. The molecule has 2 aromatic rings. The number of likely N-dealkylation sites (tertiary alicyclic amines) is 1. The molecule has 2 aliphatic heterocycles. The van der Waals surface area contributed by atoms with Crippen molar-refractivity contribution in [2.75, 3.05) is 31.1 Å². The molecular formula is C49H71ClN10O10S2. The summed E-state index contributed by atoms with van der Waals surface area (Å²) >= 11 is 8.83. The van der Waals surface area contributed by atoms with Crippen molar-refractivity contribution in [1.82, 2.24) is 31.5 Å². The highest BCUT2D eigenvalue weighted by atomic mass is 35.5. The van der Waals surface area contributed by atoms with Gasteiger partial charge in [-0.15, -0.1) is 11.3 Å². The summed E-state index contributed by atoms with van der Waals surface area (Å²) in [6, 6.07) is 4.14. The first kappa shape index (κ1) is 59.0. The van der Waals surface area contributed by atoms with Crippen LogP contribution in [-0.2, 0) is 56.0 Å². The van der Waals surface area contributed by atoms with Crippen molar-refractivity contribution < 1.29 is 48.3 Å². The molecule has 4 rings (SSSR count). The second-order valence-corrected chi connectivity index (χ2v) is 21.8. The molecule has 0 spiro atoms. The van der Waals surface area contributed by atoms with Crippen LogP contribution in [0.2, 0.25) is 5.02 Å². The number of aliphatic hydroxyl groups is 1. The van der Waals surface area contributed by atoms with E-state index in [-0.39, 0.29) is 87.2 Å². The lowest BCUT2D eigenvalue weighted by molar-refractivity contribution is -0.144. The van der Waals surface area contributed by atoms with Gasteiger partial charge in [0.2, 0.25) is 41.4 Å². The molecule has 0 unspecified atom stereocenters. The van der Waals surface area contributed by atoms with Gasteiger partial charge in [-0.25, -0.2) is 0 Å². The molecule has 0 bridgehead atoms. The lowest BCUT2D eigenvalue weighted by Crippen LogP contribution is -2.58. The quantitative estimate of drug-likeness (QED) is 0.0611. The number of nitrogens with zero attached hydrogens (tertiary/aromatic N) is 2. The minimum Gasteiger partial charge on any atom is -0.391 e. The summed E-state index contributed by atoms with van der Waals surface area (Å²) < 4.78 is 0.